The molecule has 0 atom stereocenters. The Balaban J connectivity index is 1.76. The molecule has 2 aromatic rings. The second-order valence-electron chi connectivity index (χ2n) is 5.29. The predicted octanol–water partition coefficient (Wildman–Crippen LogP) is 3.23. The number of hydrogen-bond acceptors (Lipinski definition) is 4. The van der Waals surface area contributed by atoms with E-state index in [1.807, 2.05) is 6.07 Å². The molecule has 96 valence electrons. The summed E-state index contributed by atoms with van der Waals surface area (Å²) in [5.41, 5.74) is 7.36. The first-order chi connectivity index (χ1) is 8.83. The maximum atomic E-state index is 5.97. The van der Waals surface area contributed by atoms with Gasteiger partial charge in [0.1, 0.15) is 5.00 Å². The first kappa shape index (κ1) is 11.9. The lowest BCUT2D eigenvalue weighted by molar-refractivity contribution is 0.332. The summed E-state index contributed by atoms with van der Waals surface area (Å²) in [6.07, 6.45) is 5.16. The van der Waals surface area contributed by atoms with Crippen LogP contribution in [0.4, 0.5) is 5.00 Å². The van der Waals surface area contributed by atoms with E-state index in [4.69, 9.17) is 5.73 Å². The molecular weight excluding hydrogens is 242 g/mol. The Morgan fingerprint density at radius 3 is 2.83 bits per heavy atom. The molecule has 4 heteroatoms. The zero-order valence-electron chi connectivity index (χ0n) is 10.5. The molecule has 0 saturated heterocycles. The highest BCUT2D eigenvalue weighted by Gasteiger charge is 2.32. The molecule has 0 unspecified atom stereocenters. The number of nitrogens with zero attached hydrogens (tertiary/aromatic N) is 1. The van der Waals surface area contributed by atoms with Gasteiger partial charge in [-0.3, -0.25) is 0 Å². The van der Waals surface area contributed by atoms with Crippen molar-refractivity contribution in [2.45, 2.75) is 25.7 Å². The van der Waals surface area contributed by atoms with Crippen LogP contribution < -0.4 is 11.1 Å². The van der Waals surface area contributed by atoms with Crippen LogP contribution in [0.1, 0.15) is 25.7 Å². The third-order valence-corrected chi connectivity index (χ3v) is 4.94. The van der Waals surface area contributed by atoms with Gasteiger partial charge in [0.15, 0.2) is 0 Å². The van der Waals surface area contributed by atoms with Gasteiger partial charge in [-0.2, -0.15) is 4.37 Å². The van der Waals surface area contributed by atoms with Gasteiger partial charge < -0.3 is 11.1 Å². The van der Waals surface area contributed by atoms with Crippen LogP contribution in [-0.4, -0.2) is 17.5 Å². The Morgan fingerprint density at radius 1 is 1.28 bits per heavy atom. The highest BCUT2D eigenvalue weighted by molar-refractivity contribution is 7.11. The van der Waals surface area contributed by atoms with E-state index in [1.165, 1.54) is 36.1 Å². The summed E-state index contributed by atoms with van der Waals surface area (Å²) in [5.74, 6) is 0. The average Bonchev–Trinajstić information content (AvgIpc) is 3.04. The van der Waals surface area contributed by atoms with E-state index in [0.29, 0.717) is 5.41 Å². The van der Waals surface area contributed by atoms with Crippen molar-refractivity contribution in [1.82, 2.24) is 4.37 Å². The fourth-order valence-electron chi connectivity index (χ4n) is 2.86. The second kappa shape index (κ2) is 4.86. The molecule has 0 spiro atoms. The van der Waals surface area contributed by atoms with Crippen LogP contribution in [0.5, 0.6) is 0 Å². The zero-order valence-corrected chi connectivity index (χ0v) is 11.3. The fourth-order valence-corrected chi connectivity index (χ4v) is 3.62. The van der Waals surface area contributed by atoms with E-state index in [1.54, 1.807) is 11.5 Å². The van der Waals surface area contributed by atoms with E-state index in [2.05, 4.69) is 27.9 Å². The number of hydrogen-bond donors (Lipinski definition) is 2. The molecule has 3 N–H and O–H groups in total. The van der Waals surface area contributed by atoms with Gasteiger partial charge in [0.05, 0.1) is 5.52 Å². The minimum absolute atomic E-state index is 0.311. The van der Waals surface area contributed by atoms with E-state index < -0.39 is 0 Å². The van der Waals surface area contributed by atoms with E-state index in [9.17, 15) is 0 Å². The van der Waals surface area contributed by atoms with Gasteiger partial charge in [-0.05, 0) is 48.5 Å². The lowest BCUT2D eigenvalue weighted by atomic mass is 9.86. The molecule has 0 amide bonds. The molecule has 1 fully saturated rings. The number of anilines is 1. The van der Waals surface area contributed by atoms with Crippen molar-refractivity contribution >= 4 is 27.4 Å². The van der Waals surface area contributed by atoms with Crippen molar-refractivity contribution in [2.24, 2.45) is 11.1 Å². The molecule has 3 rings (SSSR count). The van der Waals surface area contributed by atoms with Gasteiger partial charge in [-0.1, -0.05) is 25.0 Å². The van der Waals surface area contributed by atoms with Gasteiger partial charge >= 0.3 is 0 Å². The summed E-state index contributed by atoms with van der Waals surface area (Å²) >= 11 is 1.55. The van der Waals surface area contributed by atoms with Gasteiger partial charge in [0, 0.05) is 11.9 Å². The summed E-state index contributed by atoms with van der Waals surface area (Å²) < 4.78 is 4.46. The first-order valence-electron chi connectivity index (χ1n) is 6.61. The summed E-state index contributed by atoms with van der Waals surface area (Å²) in [4.78, 5) is 0. The van der Waals surface area contributed by atoms with Crippen molar-refractivity contribution in [3.63, 3.8) is 0 Å². The summed E-state index contributed by atoms with van der Waals surface area (Å²) in [6.45, 7) is 1.77. The number of nitrogens with one attached hydrogen (secondary N) is 1. The topological polar surface area (TPSA) is 50.9 Å². The lowest BCUT2D eigenvalue weighted by Crippen LogP contribution is -2.34. The minimum Gasteiger partial charge on any atom is -0.375 e. The molecule has 1 aliphatic carbocycles. The SMILES string of the molecule is NCC1(CNc2snc3ccccc23)CCCC1. The van der Waals surface area contributed by atoms with Crippen LogP contribution in [-0.2, 0) is 0 Å². The van der Waals surface area contributed by atoms with Crippen LogP contribution in [0, 0.1) is 5.41 Å². The number of aromatic nitrogens is 1. The maximum absolute atomic E-state index is 5.97. The quantitative estimate of drug-likeness (QED) is 0.888. The smallest absolute Gasteiger partial charge is 0.117 e. The van der Waals surface area contributed by atoms with Crippen LogP contribution in [0.15, 0.2) is 24.3 Å². The molecule has 3 nitrogen and oxygen atoms in total. The molecule has 1 aromatic heterocycles. The van der Waals surface area contributed by atoms with Crippen LogP contribution >= 0.6 is 11.5 Å². The Bertz CT molecular complexity index is 529. The Hall–Kier alpha value is -1.13. The maximum Gasteiger partial charge on any atom is 0.117 e. The highest BCUT2D eigenvalue weighted by atomic mass is 32.1. The van der Waals surface area contributed by atoms with E-state index in [0.717, 1.165) is 18.6 Å². The molecule has 1 aliphatic rings. The Labute approximate surface area is 112 Å². The van der Waals surface area contributed by atoms with Crippen molar-refractivity contribution in [3.05, 3.63) is 24.3 Å². The van der Waals surface area contributed by atoms with Crippen LogP contribution in [0.2, 0.25) is 0 Å². The first-order valence-corrected chi connectivity index (χ1v) is 7.39. The largest absolute Gasteiger partial charge is 0.375 e. The van der Waals surface area contributed by atoms with E-state index in [-0.39, 0.29) is 0 Å². The Kier molecular flexibility index (Phi) is 3.22. The van der Waals surface area contributed by atoms with Gasteiger partial charge in [0.2, 0.25) is 0 Å². The average molecular weight is 261 g/mol. The minimum atomic E-state index is 0.311. The molecule has 0 aliphatic heterocycles. The second-order valence-corrected chi connectivity index (χ2v) is 6.07. The van der Waals surface area contributed by atoms with Crippen LogP contribution in [0.3, 0.4) is 0 Å². The standard InChI is InChI=1S/C14H19N3S/c15-9-14(7-3-4-8-14)10-16-13-11-5-1-2-6-12(11)17-18-13/h1-2,5-6,16H,3-4,7-10,15H2. The number of nitrogens with two attached hydrogens (primary N) is 1. The molecular formula is C14H19N3S. The number of rotatable bonds is 4. The normalized spacial score (nSPS) is 18.3. The predicted molar refractivity (Wildman–Crippen MR) is 78.1 cm³/mol. The van der Waals surface area contributed by atoms with Gasteiger partial charge in [0.25, 0.3) is 0 Å². The molecule has 1 aromatic carbocycles. The molecule has 1 heterocycles. The molecule has 0 bridgehead atoms. The number of fused-ring (bicyclic) bond motifs is 1. The molecule has 18 heavy (non-hydrogen) atoms. The van der Waals surface area contributed by atoms with Crippen molar-refractivity contribution in [3.8, 4) is 0 Å². The lowest BCUT2D eigenvalue weighted by Gasteiger charge is -2.27. The highest BCUT2D eigenvalue weighted by Crippen LogP contribution is 2.38. The monoisotopic (exact) mass is 261 g/mol. The third-order valence-electron chi connectivity index (χ3n) is 4.11. The van der Waals surface area contributed by atoms with Crippen molar-refractivity contribution < 1.29 is 0 Å². The van der Waals surface area contributed by atoms with Gasteiger partial charge in [-0.25, -0.2) is 0 Å². The van der Waals surface area contributed by atoms with Crippen molar-refractivity contribution in [1.29, 1.82) is 0 Å². The fraction of sp³-hybridized carbons (Fsp3) is 0.500. The molecule has 0 radical (unpaired) electrons. The Morgan fingerprint density at radius 2 is 2.06 bits per heavy atom. The zero-order chi connectivity index (χ0) is 12.4. The molecule has 1 saturated carbocycles. The summed E-state index contributed by atoms with van der Waals surface area (Å²) in [6, 6.07) is 8.29. The third kappa shape index (κ3) is 2.10. The summed E-state index contributed by atoms with van der Waals surface area (Å²) in [7, 11) is 0. The van der Waals surface area contributed by atoms with Crippen LogP contribution in [0.25, 0.3) is 10.9 Å². The number of benzene rings is 1. The van der Waals surface area contributed by atoms with Gasteiger partial charge in [-0.15, -0.1) is 0 Å². The summed E-state index contributed by atoms with van der Waals surface area (Å²) in [5, 5.41) is 5.99. The van der Waals surface area contributed by atoms with Crippen molar-refractivity contribution in [2.75, 3.05) is 18.4 Å². The van der Waals surface area contributed by atoms with E-state index >= 15 is 0 Å².